The quantitative estimate of drug-likeness (QED) is 0.754. The van der Waals surface area contributed by atoms with Gasteiger partial charge in [-0.05, 0) is 13.8 Å². The summed E-state index contributed by atoms with van der Waals surface area (Å²) < 4.78 is 24.6. The minimum Gasteiger partial charge on any atom is -0.322 e. The fourth-order valence-corrected chi connectivity index (χ4v) is 1.99. The molecule has 0 atom stereocenters. The summed E-state index contributed by atoms with van der Waals surface area (Å²) in [4.78, 5) is 3.79. The second-order valence-electron chi connectivity index (χ2n) is 3.47. The van der Waals surface area contributed by atoms with E-state index in [2.05, 4.69) is 4.98 Å². The number of hydrogen-bond donors (Lipinski definition) is 0. The molecule has 82 valence electrons. The third-order valence-corrected chi connectivity index (χ3v) is 4.34. The molecule has 0 radical (unpaired) electrons. The molecule has 1 rings (SSSR count). The maximum atomic E-state index is 11.5. The smallest absolute Gasteiger partial charge is 0.212 e. The zero-order valence-corrected chi connectivity index (χ0v) is 9.53. The van der Waals surface area contributed by atoms with E-state index >= 15 is 0 Å². The second kappa shape index (κ2) is 4.45. The molecule has 0 N–H and O–H groups in total. The van der Waals surface area contributed by atoms with Crippen LogP contribution in [0.25, 0.3) is 0 Å². The number of nitriles is 1. The number of sulfone groups is 1. The number of aromatic nitrogens is 2. The Morgan fingerprint density at radius 3 is 2.80 bits per heavy atom. The van der Waals surface area contributed by atoms with Gasteiger partial charge in [-0.1, -0.05) is 0 Å². The maximum absolute atomic E-state index is 11.5. The van der Waals surface area contributed by atoms with Crippen molar-refractivity contribution in [3.05, 3.63) is 18.2 Å². The van der Waals surface area contributed by atoms with E-state index in [1.807, 2.05) is 6.07 Å². The maximum Gasteiger partial charge on any atom is 0.212 e. The molecule has 0 aliphatic carbocycles. The van der Waals surface area contributed by atoms with E-state index in [4.69, 9.17) is 5.26 Å². The average molecular weight is 227 g/mol. The van der Waals surface area contributed by atoms with Gasteiger partial charge in [-0.3, -0.25) is 0 Å². The van der Waals surface area contributed by atoms with Gasteiger partial charge in [0.15, 0.2) is 9.84 Å². The van der Waals surface area contributed by atoms with E-state index in [0.29, 0.717) is 0 Å². The van der Waals surface area contributed by atoms with Crippen LogP contribution in [-0.2, 0) is 16.4 Å². The SMILES string of the molecule is CC(C)S(=O)(=O)CCn1ccnc1C#N. The Balaban J connectivity index is 2.71. The number of rotatable bonds is 4. The van der Waals surface area contributed by atoms with Gasteiger partial charge in [0.1, 0.15) is 6.07 Å². The molecule has 1 aromatic heterocycles. The van der Waals surface area contributed by atoms with Gasteiger partial charge in [-0.15, -0.1) is 0 Å². The molecule has 1 aromatic rings. The Morgan fingerprint density at radius 1 is 1.60 bits per heavy atom. The Kier molecular flexibility index (Phi) is 3.48. The molecule has 0 aromatic carbocycles. The van der Waals surface area contributed by atoms with Crippen molar-refractivity contribution in [2.24, 2.45) is 0 Å². The highest BCUT2D eigenvalue weighted by Gasteiger charge is 2.16. The lowest BCUT2D eigenvalue weighted by molar-refractivity contribution is 0.579. The van der Waals surface area contributed by atoms with Gasteiger partial charge in [0, 0.05) is 18.9 Å². The molecule has 0 spiro atoms. The normalized spacial score (nSPS) is 11.6. The van der Waals surface area contributed by atoms with Crippen LogP contribution in [0.5, 0.6) is 0 Å². The molecule has 0 aliphatic rings. The standard InChI is InChI=1S/C9H13N3O2S/c1-8(2)15(13,14)6-5-12-4-3-11-9(12)7-10/h3-4,8H,5-6H2,1-2H3. The van der Waals surface area contributed by atoms with Crippen molar-refractivity contribution in [2.75, 3.05) is 5.75 Å². The van der Waals surface area contributed by atoms with Crippen molar-refractivity contribution in [3.8, 4) is 6.07 Å². The van der Waals surface area contributed by atoms with Crippen molar-refractivity contribution < 1.29 is 8.42 Å². The highest BCUT2D eigenvalue weighted by Crippen LogP contribution is 2.03. The summed E-state index contributed by atoms with van der Waals surface area (Å²) in [7, 11) is -3.06. The number of nitrogens with zero attached hydrogens (tertiary/aromatic N) is 3. The first kappa shape index (κ1) is 11.7. The second-order valence-corrected chi connectivity index (χ2v) is 6.15. The molecule has 6 heteroatoms. The van der Waals surface area contributed by atoms with Crippen LogP contribution in [0.1, 0.15) is 19.7 Å². The molecular weight excluding hydrogens is 214 g/mol. The molecule has 0 saturated heterocycles. The van der Waals surface area contributed by atoms with E-state index in [1.54, 1.807) is 24.6 Å². The molecule has 15 heavy (non-hydrogen) atoms. The summed E-state index contributed by atoms with van der Waals surface area (Å²) in [6, 6.07) is 1.90. The third-order valence-electron chi connectivity index (χ3n) is 2.15. The van der Waals surface area contributed by atoms with Gasteiger partial charge >= 0.3 is 0 Å². The fraction of sp³-hybridized carbons (Fsp3) is 0.556. The van der Waals surface area contributed by atoms with Gasteiger partial charge in [-0.2, -0.15) is 5.26 Å². The van der Waals surface area contributed by atoms with E-state index in [9.17, 15) is 8.42 Å². The molecule has 5 nitrogen and oxygen atoms in total. The highest BCUT2D eigenvalue weighted by molar-refractivity contribution is 7.91. The molecule has 0 fully saturated rings. The molecule has 0 saturated carbocycles. The van der Waals surface area contributed by atoms with Crippen molar-refractivity contribution in [1.82, 2.24) is 9.55 Å². The molecule has 0 unspecified atom stereocenters. The third kappa shape index (κ3) is 2.80. The molecule has 0 bridgehead atoms. The van der Waals surface area contributed by atoms with Crippen molar-refractivity contribution in [2.45, 2.75) is 25.6 Å². The Bertz CT molecular complexity index is 468. The van der Waals surface area contributed by atoms with Crippen molar-refractivity contribution in [1.29, 1.82) is 5.26 Å². The largest absolute Gasteiger partial charge is 0.322 e. The molecule has 0 amide bonds. The molecule has 0 aliphatic heterocycles. The lowest BCUT2D eigenvalue weighted by Crippen LogP contribution is -2.21. The van der Waals surface area contributed by atoms with Crippen LogP contribution in [0.15, 0.2) is 12.4 Å². The lowest BCUT2D eigenvalue weighted by Gasteiger charge is -2.08. The highest BCUT2D eigenvalue weighted by atomic mass is 32.2. The van der Waals surface area contributed by atoms with Gasteiger partial charge < -0.3 is 4.57 Å². The summed E-state index contributed by atoms with van der Waals surface area (Å²) in [5.74, 6) is 0.282. The van der Waals surface area contributed by atoms with E-state index < -0.39 is 9.84 Å². The minimum absolute atomic E-state index is 0.0374. The lowest BCUT2D eigenvalue weighted by atomic mass is 10.6. The fourth-order valence-electron chi connectivity index (χ4n) is 1.06. The van der Waals surface area contributed by atoms with E-state index in [0.717, 1.165) is 0 Å². The number of hydrogen-bond acceptors (Lipinski definition) is 4. The summed E-state index contributed by atoms with van der Waals surface area (Å²) in [6.07, 6.45) is 3.09. The van der Waals surface area contributed by atoms with Crippen LogP contribution in [0, 0.1) is 11.3 Å². The first-order valence-electron chi connectivity index (χ1n) is 4.60. The topological polar surface area (TPSA) is 75.8 Å². The number of imidazole rings is 1. The van der Waals surface area contributed by atoms with Gasteiger partial charge in [0.2, 0.25) is 5.82 Å². The summed E-state index contributed by atoms with van der Waals surface area (Å²) >= 11 is 0. The van der Waals surface area contributed by atoms with Crippen LogP contribution in [0.3, 0.4) is 0 Å². The van der Waals surface area contributed by atoms with Crippen LogP contribution in [0.2, 0.25) is 0 Å². The van der Waals surface area contributed by atoms with Gasteiger partial charge in [0.05, 0.1) is 11.0 Å². The van der Waals surface area contributed by atoms with Gasteiger partial charge in [0.25, 0.3) is 0 Å². The Morgan fingerprint density at radius 2 is 2.27 bits per heavy atom. The number of aryl methyl sites for hydroxylation is 1. The monoisotopic (exact) mass is 227 g/mol. The van der Waals surface area contributed by atoms with Crippen LogP contribution in [-0.4, -0.2) is 29.0 Å². The van der Waals surface area contributed by atoms with Crippen LogP contribution < -0.4 is 0 Å². The Hall–Kier alpha value is -1.35. The van der Waals surface area contributed by atoms with Gasteiger partial charge in [-0.25, -0.2) is 13.4 Å². The van der Waals surface area contributed by atoms with E-state index in [-0.39, 0.29) is 23.4 Å². The summed E-state index contributed by atoms with van der Waals surface area (Å²) in [5.41, 5.74) is 0. The predicted molar refractivity (Wildman–Crippen MR) is 55.9 cm³/mol. The summed E-state index contributed by atoms with van der Waals surface area (Å²) in [5, 5.41) is 8.28. The van der Waals surface area contributed by atoms with Crippen LogP contribution >= 0.6 is 0 Å². The molecule has 1 heterocycles. The van der Waals surface area contributed by atoms with E-state index in [1.165, 1.54) is 6.20 Å². The van der Waals surface area contributed by atoms with Crippen molar-refractivity contribution in [3.63, 3.8) is 0 Å². The zero-order valence-electron chi connectivity index (χ0n) is 8.71. The average Bonchev–Trinajstić information content (AvgIpc) is 2.61. The van der Waals surface area contributed by atoms with Crippen LogP contribution in [0.4, 0.5) is 0 Å². The Labute approximate surface area is 89.3 Å². The predicted octanol–water partition coefficient (Wildman–Crippen LogP) is 0.578. The minimum atomic E-state index is -3.06. The zero-order chi connectivity index (χ0) is 11.5. The first-order valence-corrected chi connectivity index (χ1v) is 6.31. The first-order chi connectivity index (χ1) is 6.97. The van der Waals surface area contributed by atoms with Crippen molar-refractivity contribution >= 4 is 9.84 Å². The molecular formula is C9H13N3O2S. The summed E-state index contributed by atoms with van der Waals surface area (Å²) in [6.45, 7) is 3.58.